The second-order valence-corrected chi connectivity index (χ2v) is 5.14. The number of aromatic nitrogens is 1. The molecule has 3 rings (SSSR count). The zero-order valence-corrected chi connectivity index (χ0v) is 11.4. The molecule has 2 heterocycles. The molecule has 2 aromatic rings. The fraction of sp³-hybridized carbons (Fsp3) is 0.0714. The third-order valence-corrected chi connectivity index (χ3v) is 3.45. The van der Waals surface area contributed by atoms with E-state index in [1.54, 1.807) is 18.3 Å². The molecule has 1 aliphatic heterocycles. The molecule has 94 valence electrons. The van der Waals surface area contributed by atoms with Gasteiger partial charge >= 0.3 is 5.91 Å². The minimum Gasteiger partial charge on any atom is -0.285 e. The van der Waals surface area contributed by atoms with Crippen molar-refractivity contribution in [1.29, 1.82) is 0 Å². The molecule has 0 saturated carbocycles. The van der Waals surface area contributed by atoms with Crippen LogP contribution in [0.25, 0.3) is 0 Å². The standard InChI is InChI=1S/C14H9BrN2O2/c15-10-4-1-3-9(7-10)8-17-13-11(5-2-6-16-13)12(18)14(17)19/h1-7H,8H2. The van der Waals surface area contributed by atoms with Gasteiger partial charge in [-0.05, 0) is 29.8 Å². The van der Waals surface area contributed by atoms with Crippen LogP contribution in [-0.4, -0.2) is 16.7 Å². The average Bonchev–Trinajstić information content (AvgIpc) is 2.65. The summed E-state index contributed by atoms with van der Waals surface area (Å²) in [5.74, 6) is -0.566. The van der Waals surface area contributed by atoms with Crippen LogP contribution in [0.4, 0.5) is 5.82 Å². The van der Waals surface area contributed by atoms with E-state index < -0.39 is 11.7 Å². The van der Waals surface area contributed by atoms with Gasteiger partial charge in [-0.25, -0.2) is 4.98 Å². The maximum absolute atomic E-state index is 12.0. The van der Waals surface area contributed by atoms with Gasteiger partial charge in [0.25, 0.3) is 5.78 Å². The van der Waals surface area contributed by atoms with Gasteiger partial charge in [-0.1, -0.05) is 28.1 Å². The molecule has 0 fully saturated rings. The number of halogens is 1. The largest absolute Gasteiger partial charge is 0.301 e. The molecule has 5 heteroatoms. The molecule has 4 nitrogen and oxygen atoms in total. The van der Waals surface area contributed by atoms with Crippen molar-refractivity contribution in [1.82, 2.24) is 4.98 Å². The number of carbonyl (C=O) groups is 2. The SMILES string of the molecule is O=C1C(=O)N(Cc2cccc(Br)c2)c2ncccc21. The zero-order chi connectivity index (χ0) is 13.4. The van der Waals surface area contributed by atoms with Gasteiger partial charge < -0.3 is 0 Å². The van der Waals surface area contributed by atoms with E-state index in [2.05, 4.69) is 20.9 Å². The molecule has 0 radical (unpaired) electrons. The van der Waals surface area contributed by atoms with Crippen molar-refractivity contribution < 1.29 is 9.59 Å². The van der Waals surface area contributed by atoms with Crippen molar-refractivity contribution in [2.75, 3.05) is 4.90 Å². The van der Waals surface area contributed by atoms with Crippen LogP contribution >= 0.6 is 15.9 Å². The summed E-state index contributed by atoms with van der Waals surface area (Å²) in [6.45, 7) is 0.341. The zero-order valence-electron chi connectivity index (χ0n) is 9.84. The van der Waals surface area contributed by atoms with E-state index in [0.717, 1.165) is 10.0 Å². The Kier molecular flexibility index (Phi) is 2.91. The summed E-state index contributed by atoms with van der Waals surface area (Å²) in [6.07, 6.45) is 1.58. The lowest BCUT2D eigenvalue weighted by Crippen LogP contribution is -2.29. The number of pyridine rings is 1. The highest BCUT2D eigenvalue weighted by Gasteiger charge is 2.36. The molecule has 0 bridgehead atoms. The van der Waals surface area contributed by atoms with Crippen LogP contribution in [-0.2, 0) is 11.3 Å². The van der Waals surface area contributed by atoms with Crippen LogP contribution in [0.1, 0.15) is 15.9 Å². The molecule has 1 aromatic carbocycles. The third kappa shape index (κ3) is 2.06. The number of hydrogen-bond donors (Lipinski definition) is 0. The van der Waals surface area contributed by atoms with Crippen LogP contribution in [0, 0.1) is 0 Å². The van der Waals surface area contributed by atoms with Gasteiger partial charge in [0.15, 0.2) is 0 Å². The Labute approximate surface area is 118 Å². The van der Waals surface area contributed by atoms with Gasteiger partial charge in [0, 0.05) is 10.7 Å². The molecule has 1 aliphatic rings. The first-order chi connectivity index (χ1) is 9.16. The molecule has 0 atom stereocenters. The van der Waals surface area contributed by atoms with Crippen molar-refractivity contribution in [2.45, 2.75) is 6.54 Å². The van der Waals surface area contributed by atoms with E-state index in [0.29, 0.717) is 17.9 Å². The molecule has 0 saturated heterocycles. The first-order valence-corrected chi connectivity index (χ1v) is 6.52. The highest BCUT2D eigenvalue weighted by Crippen LogP contribution is 2.27. The number of benzene rings is 1. The number of hydrogen-bond acceptors (Lipinski definition) is 3. The van der Waals surface area contributed by atoms with Crippen LogP contribution in [0.15, 0.2) is 47.1 Å². The van der Waals surface area contributed by atoms with Crippen molar-refractivity contribution in [2.24, 2.45) is 0 Å². The number of anilines is 1. The van der Waals surface area contributed by atoms with Crippen LogP contribution in [0.3, 0.4) is 0 Å². The van der Waals surface area contributed by atoms with Crippen molar-refractivity contribution in [3.63, 3.8) is 0 Å². The van der Waals surface area contributed by atoms with Gasteiger partial charge in [0.2, 0.25) is 0 Å². The number of amides is 1. The number of Topliss-reactive ketones (excluding diaryl/α,β-unsaturated/α-hetero) is 1. The lowest BCUT2D eigenvalue weighted by atomic mass is 10.2. The first-order valence-electron chi connectivity index (χ1n) is 5.72. The Bertz CT molecular complexity index is 685. The van der Waals surface area contributed by atoms with E-state index in [-0.39, 0.29) is 0 Å². The van der Waals surface area contributed by atoms with Crippen LogP contribution < -0.4 is 4.90 Å². The predicted octanol–water partition coefficient (Wildman–Crippen LogP) is 2.57. The van der Waals surface area contributed by atoms with Crippen molar-refractivity contribution in [3.05, 3.63) is 58.2 Å². The van der Waals surface area contributed by atoms with E-state index in [1.165, 1.54) is 4.90 Å². The summed E-state index contributed by atoms with van der Waals surface area (Å²) in [5, 5.41) is 0. The van der Waals surface area contributed by atoms with E-state index in [4.69, 9.17) is 0 Å². The summed E-state index contributed by atoms with van der Waals surface area (Å²) in [6, 6.07) is 10.9. The molecular weight excluding hydrogens is 308 g/mol. The highest BCUT2D eigenvalue weighted by molar-refractivity contribution is 9.10. The average molecular weight is 317 g/mol. The Balaban J connectivity index is 1.98. The fourth-order valence-electron chi connectivity index (χ4n) is 2.09. The van der Waals surface area contributed by atoms with Gasteiger partial charge in [0.1, 0.15) is 5.82 Å². The maximum Gasteiger partial charge on any atom is 0.301 e. The van der Waals surface area contributed by atoms with Gasteiger partial charge in [-0.3, -0.25) is 14.5 Å². The molecule has 0 aliphatic carbocycles. The summed E-state index contributed by atoms with van der Waals surface area (Å²) in [7, 11) is 0. The van der Waals surface area contributed by atoms with Gasteiger partial charge in [-0.2, -0.15) is 0 Å². The number of rotatable bonds is 2. The van der Waals surface area contributed by atoms with Crippen LogP contribution in [0.5, 0.6) is 0 Å². The summed E-state index contributed by atoms with van der Waals surface area (Å²) < 4.78 is 0.934. The van der Waals surface area contributed by atoms with Crippen LogP contribution in [0.2, 0.25) is 0 Å². The molecular formula is C14H9BrN2O2. The lowest BCUT2D eigenvalue weighted by molar-refractivity contribution is -0.114. The number of nitrogens with zero attached hydrogens (tertiary/aromatic N) is 2. The fourth-order valence-corrected chi connectivity index (χ4v) is 2.53. The minimum atomic E-state index is -0.520. The second-order valence-electron chi connectivity index (χ2n) is 4.22. The number of carbonyl (C=O) groups excluding carboxylic acids is 2. The molecule has 1 amide bonds. The summed E-state index contributed by atoms with van der Waals surface area (Å²) in [5.41, 5.74) is 1.32. The molecule has 19 heavy (non-hydrogen) atoms. The normalized spacial score (nSPS) is 13.8. The van der Waals surface area contributed by atoms with Gasteiger partial charge in [0.05, 0.1) is 12.1 Å². The molecule has 0 N–H and O–H groups in total. The topological polar surface area (TPSA) is 50.3 Å². The minimum absolute atomic E-state index is 0.341. The van der Waals surface area contributed by atoms with Gasteiger partial charge in [-0.15, -0.1) is 0 Å². The molecule has 0 spiro atoms. The Morgan fingerprint density at radius 2 is 2.00 bits per heavy atom. The molecule has 1 aromatic heterocycles. The van der Waals surface area contributed by atoms with Crippen molar-refractivity contribution in [3.8, 4) is 0 Å². The lowest BCUT2D eigenvalue weighted by Gasteiger charge is -2.15. The summed E-state index contributed by atoms with van der Waals surface area (Å²) in [4.78, 5) is 29.3. The predicted molar refractivity (Wildman–Crippen MR) is 73.9 cm³/mol. The first kappa shape index (κ1) is 12.0. The summed E-state index contributed by atoms with van der Waals surface area (Å²) >= 11 is 3.38. The highest BCUT2D eigenvalue weighted by atomic mass is 79.9. The second kappa shape index (κ2) is 4.59. The molecule has 0 unspecified atom stereocenters. The third-order valence-electron chi connectivity index (χ3n) is 2.96. The Hall–Kier alpha value is -2.01. The number of fused-ring (bicyclic) bond motifs is 1. The Morgan fingerprint density at radius 3 is 2.79 bits per heavy atom. The van der Waals surface area contributed by atoms with E-state index >= 15 is 0 Å². The monoisotopic (exact) mass is 316 g/mol. The Morgan fingerprint density at radius 1 is 1.16 bits per heavy atom. The quantitative estimate of drug-likeness (QED) is 0.800. The van der Waals surface area contributed by atoms with Crippen molar-refractivity contribution >= 4 is 33.4 Å². The van der Waals surface area contributed by atoms with E-state index in [1.807, 2.05) is 24.3 Å². The van der Waals surface area contributed by atoms with E-state index in [9.17, 15) is 9.59 Å². The smallest absolute Gasteiger partial charge is 0.285 e. The maximum atomic E-state index is 12.0. The number of ketones is 1.